The summed E-state index contributed by atoms with van der Waals surface area (Å²) in [7, 11) is 0. The van der Waals surface area contributed by atoms with Gasteiger partial charge >= 0.3 is 0 Å². The van der Waals surface area contributed by atoms with E-state index in [1.165, 1.54) is 12.8 Å². The Morgan fingerprint density at radius 3 is 2.67 bits per heavy atom. The van der Waals surface area contributed by atoms with E-state index in [0.29, 0.717) is 31.1 Å². The average Bonchev–Trinajstić information content (AvgIpc) is 3.47. The number of nitrogens with zero attached hydrogens (tertiary/aromatic N) is 5. The molecule has 6 rings (SSSR count). The van der Waals surface area contributed by atoms with Gasteiger partial charge in [-0.15, -0.1) is 0 Å². The number of nitrogens with one attached hydrogen (secondary N) is 1. The number of hydrogen-bond donors (Lipinski definition) is 2. The van der Waals surface area contributed by atoms with Gasteiger partial charge in [0.25, 0.3) is 0 Å². The molecule has 8 nitrogen and oxygen atoms in total. The topological polar surface area (TPSA) is 88.3 Å². The lowest BCUT2D eigenvalue weighted by Gasteiger charge is -2.36. The molecule has 2 aliphatic heterocycles. The lowest BCUT2D eigenvalue weighted by molar-refractivity contribution is 0.0663. The number of benzene rings is 1. The molecule has 1 saturated carbocycles. The van der Waals surface area contributed by atoms with Crippen LogP contribution in [0.25, 0.3) is 10.9 Å². The fraction of sp³-hybridized carbons (Fsp3) is 0.542. The Balaban J connectivity index is 1.20. The van der Waals surface area contributed by atoms with Crippen molar-refractivity contribution >= 4 is 34.1 Å². The van der Waals surface area contributed by atoms with E-state index >= 15 is 0 Å². The van der Waals surface area contributed by atoms with Gasteiger partial charge in [0.15, 0.2) is 0 Å². The zero-order valence-corrected chi connectivity index (χ0v) is 19.5. The molecule has 3 aliphatic rings. The molecule has 2 atom stereocenters. The van der Waals surface area contributed by atoms with Crippen molar-refractivity contribution in [3.8, 4) is 0 Å². The highest BCUT2D eigenvalue weighted by Crippen LogP contribution is 2.38. The van der Waals surface area contributed by atoms with Crippen LogP contribution in [0.4, 0.5) is 11.6 Å². The highest BCUT2D eigenvalue weighted by molar-refractivity contribution is 6.32. The van der Waals surface area contributed by atoms with E-state index in [-0.39, 0.29) is 12.1 Å². The monoisotopic (exact) mass is 468 g/mol. The number of fused-ring (bicyclic) bond motifs is 1. The molecular formula is C24H29ClN6O2. The first kappa shape index (κ1) is 21.3. The van der Waals surface area contributed by atoms with Gasteiger partial charge in [0.05, 0.1) is 54.5 Å². The summed E-state index contributed by atoms with van der Waals surface area (Å²) in [6, 6.07) is 4.76. The predicted molar refractivity (Wildman–Crippen MR) is 127 cm³/mol. The molecule has 0 bridgehead atoms. The number of anilines is 2. The molecule has 174 valence electrons. The molecule has 1 aromatic carbocycles. The summed E-state index contributed by atoms with van der Waals surface area (Å²) in [6.07, 6.45) is 7.71. The highest BCUT2D eigenvalue weighted by atomic mass is 35.5. The van der Waals surface area contributed by atoms with Crippen LogP contribution in [0.1, 0.15) is 48.9 Å². The third-order valence-corrected chi connectivity index (χ3v) is 7.67. The molecule has 33 heavy (non-hydrogen) atoms. The van der Waals surface area contributed by atoms with Crippen LogP contribution >= 0.6 is 11.6 Å². The second kappa shape index (κ2) is 8.51. The Bertz CT molecular complexity index is 1170. The van der Waals surface area contributed by atoms with E-state index in [2.05, 4.69) is 38.0 Å². The first-order valence-corrected chi connectivity index (χ1v) is 12.2. The zero-order chi connectivity index (χ0) is 22.5. The van der Waals surface area contributed by atoms with Crippen LogP contribution in [0.5, 0.6) is 0 Å². The summed E-state index contributed by atoms with van der Waals surface area (Å²) in [6.45, 7) is 5.01. The maximum Gasteiger partial charge on any atom is 0.227 e. The average molecular weight is 469 g/mol. The highest BCUT2D eigenvalue weighted by Gasteiger charge is 2.34. The summed E-state index contributed by atoms with van der Waals surface area (Å²) < 4.78 is 7.53. The largest absolute Gasteiger partial charge is 0.389 e. The van der Waals surface area contributed by atoms with E-state index in [9.17, 15) is 5.11 Å². The molecule has 4 heterocycles. The van der Waals surface area contributed by atoms with E-state index in [1.807, 2.05) is 18.5 Å². The third kappa shape index (κ3) is 4.10. The standard InChI is InChI=1S/C24H29ClN6O2/c1-14-21(11-27-31(14)17-2-3-17)29-24-26-10-16-8-19(25)18(9-20(16)28-24)15-4-6-30(7-5-15)22-12-33-13-23(22)32/h8-11,15,17,22-23,32H,2-7,12-13H2,1H3,(H,26,28,29)/t22-,23+/m1/s1. The molecule has 3 fully saturated rings. The van der Waals surface area contributed by atoms with Crippen LogP contribution in [0, 0.1) is 6.92 Å². The van der Waals surface area contributed by atoms with Crippen LogP contribution in [-0.2, 0) is 4.74 Å². The fourth-order valence-corrected chi connectivity index (χ4v) is 5.54. The first-order valence-electron chi connectivity index (χ1n) is 11.8. The van der Waals surface area contributed by atoms with Gasteiger partial charge in [-0.2, -0.15) is 5.10 Å². The molecular weight excluding hydrogens is 440 g/mol. The predicted octanol–water partition coefficient (Wildman–Crippen LogP) is 3.81. The number of aliphatic hydroxyl groups excluding tert-OH is 1. The van der Waals surface area contributed by atoms with Gasteiger partial charge in [0.2, 0.25) is 5.95 Å². The number of halogens is 1. The minimum atomic E-state index is -0.381. The Labute approximate surface area is 197 Å². The van der Waals surface area contributed by atoms with Gasteiger partial charge in [0, 0.05) is 16.6 Å². The van der Waals surface area contributed by atoms with Crippen molar-refractivity contribution in [1.82, 2.24) is 24.6 Å². The van der Waals surface area contributed by atoms with Gasteiger partial charge in [0.1, 0.15) is 0 Å². The van der Waals surface area contributed by atoms with Crippen molar-refractivity contribution in [3.05, 3.63) is 40.8 Å². The fourth-order valence-electron chi connectivity index (χ4n) is 5.22. The Hall–Kier alpha value is -2.26. The van der Waals surface area contributed by atoms with Crippen molar-refractivity contribution in [2.24, 2.45) is 0 Å². The SMILES string of the molecule is Cc1c(Nc2ncc3cc(Cl)c(C4CCN([C@@H]5COC[C@@H]5O)CC4)cc3n2)cnn1C1CC1. The number of ether oxygens (including phenoxy) is 1. The molecule has 2 aromatic heterocycles. The normalized spacial score (nSPS) is 24.6. The second-order valence-electron chi connectivity index (χ2n) is 9.55. The maximum atomic E-state index is 10.2. The van der Waals surface area contributed by atoms with E-state index in [0.717, 1.165) is 58.8 Å². The molecule has 9 heteroatoms. The summed E-state index contributed by atoms with van der Waals surface area (Å²) >= 11 is 6.70. The van der Waals surface area contributed by atoms with Crippen molar-refractivity contribution in [2.45, 2.75) is 56.7 Å². The Morgan fingerprint density at radius 1 is 1.12 bits per heavy atom. The summed E-state index contributed by atoms with van der Waals surface area (Å²) in [5.74, 6) is 0.947. The first-order chi connectivity index (χ1) is 16.1. The molecule has 0 spiro atoms. The lowest BCUT2D eigenvalue weighted by Crippen LogP contribution is -2.46. The summed E-state index contributed by atoms with van der Waals surface area (Å²) in [5, 5.41) is 19.7. The maximum absolute atomic E-state index is 10.2. The lowest BCUT2D eigenvalue weighted by atomic mass is 9.88. The van der Waals surface area contributed by atoms with Gasteiger partial charge in [-0.05, 0) is 69.3 Å². The van der Waals surface area contributed by atoms with Gasteiger partial charge in [-0.1, -0.05) is 11.6 Å². The molecule has 1 aliphatic carbocycles. The molecule has 3 aromatic rings. The van der Waals surface area contributed by atoms with Gasteiger partial charge in [-0.3, -0.25) is 9.58 Å². The minimum absolute atomic E-state index is 0.118. The Kier molecular flexibility index (Phi) is 5.49. The number of rotatable bonds is 5. The smallest absolute Gasteiger partial charge is 0.227 e. The number of likely N-dealkylation sites (tertiary alicyclic amines) is 1. The molecule has 2 saturated heterocycles. The number of hydrogen-bond acceptors (Lipinski definition) is 7. The molecule has 2 N–H and O–H groups in total. The summed E-state index contributed by atoms with van der Waals surface area (Å²) in [5.41, 5.74) is 4.10. The summed E-state index contributed by atoms with van der Waals surface area (Å²) in [4.78, 5) is 11.6. The van der Waals surface area contributed by atoms with E-state index in [1.54, 1.807) is 0 Å². The number of piperidine rings is 1. The quantitative estimate of drug-likeness (QED) is 0.588. The van der Waals surface area contributed by atoms with Crippen LogP contribution in [0.2, 0.25) is 5.02 Å². The van der Waals surface area contributed by atoms with Crippen molar-refractivity contribution in [3.63, 3.8) is 0 Å². The number of aliphatic hydroxyl groups is 1. The second-order valence-corrected chi connectivity index (χ2v) is 9.96. The van der Waals surface area contributed by atoms with Crippen LogP contribution in [-0.4, -0.2) is 68.2 Å². The van der Waals surface area contributed by atoms with Crippen molar-refractivity contribution in [2.75, 3.05) is 31.6 Å². The van der Waals surface area contributed by atoms with E-state index in [4.69, 9.17) is 21.3 Å². The molecule has 0 amide bonds. The molecule has 0 unspecified atom stereocenters. The van der Waals surface area contributed by atoms with Crippen LogP contribution < -0.4 is 5.32 Å². The zero-order valence-electron chi connectivity index (χ0n) is 18.7. The van der Waals surface area contributed by atoms with Crippen molar-refractivity contribution in [1.29, 1.82) is 0 Å². The van der Waals surface area contributed by atoms with Crippen molar-refractivity contribution < 1.29 is 9.84 Å². The van der Waals surface area contributed by atoms with Gasteiger partial charge in [-0.25, -0.2) is 9.97 Å². The van der Waals surface area contributed by atoms with E-state index < -0.39 is 0 Å². The van der Waals surface area contributed by atoms with Crippen LogP contribution in [0.15, 0.2) is 24.5 Å². The number of aromatic nitrogens is 4. The third-order valence-electron chi connectivity index (χ3n) is 7.34. The molecule has 0 radical (unpaired) electrons. The Morgan fingerprint density at radius 2 is 1.94 bits per heavy atom. The van der Waals surface area contributed by atoms with Gasteiger partial charge < -0.3 is 15.2 Å². The minimum Gasteiger partial charge on any atom is -0.389 e. The van der Waals surface area contributed by atoms with Crippen LogP contribution in [0.3, 0.4) is 0 Å².